The Labute approximate surface area is 104 Å². The van der Waals surface area contributed by atoms with Gasteiger partial charge in [0.1, 0.15) is 0 Å². The van der Waals surface area contributed by atoms with Crippen molar-refractivity contribution in [3.05, 3.63) is 0 Å². The van der Waals surface area contributed by atoms with Crippen LogP contribution in [0.15, 0.2) is 0 Å². The summed E-state index contributed by atoms with van der Waals surface area (Å²) in [4.78, 5) is 13.3. The van der Waals surface area contributed by atoms with Gasteiger partial charge in [-0.25, -0.2) is 0 Å². The SMILES string of the molecule is N[C@@H]1CCCN(C(=O)OCCCC[TeH])C1. The van der Waals surface area contributed by atoms with E-state index in [9.17, 15) is 4.79 Å². The molecular weight excluding hydrogens is 308 g/mol. The summed E-state index contributed by atoms with van der Waals surface area (Å²) in [5.41, 5.74) is 5.79. The van der Waals surface area contributed by atoms with Gasteiger partial charge >= 0.3 is 104 Å². The summed E-state index contributed by atoms with van der Waals surface area (Å²) >= 11 is 1.81. The molecule has 1 rings (SSSR count). The molecule has 2 N–H and O–H groups in total. The van der Waals surface area contributed by atoms with Crippen LogP contribution in [0.5, 0.6) is 0 Å². The average molecular weight is 328 g/mol. The summed E-state index contributed by atoms with van der Waals surface area (Å²) in [5, 5.41) is 0. The molecule has 88 valence electrons. The molecule has 1 fully saturated rings. The van der Waals surface area contributed by atoms with E-state index in [4.69, 9.17) is 10.5 Å². The van der Waals surface area contributed by atoms with E-state index in [2.05, 4.69) is 0 Å². The second-order valence-corrected chi connectivity index (χ2v) is 5.17. The number of hydrogen-bond acceptors (Lipinski definition) is 3. The predicted octanol–water partition coefficient (Wildman–Crippen LogP) is 0.645. The van der Waals surface area contributed by atoms with E-state index in [1.807, 2.05) is 22.3 Å². The number of nitrogens with two attached hydrogens (primary N) is 1. The van der Waals surface area contributed by atoms with Gasteiger partial charge in [0.15, 0.2) is 0 Å². The fraction of sp³-hybridized carbons (Fsp3) is 0.900. The topological polar surface area (TPSA) is 55.6 Å². The summed E-state index contributed by atoms with van der Waals surface area (Å²) in [6, 6.07) is 0.129. The molecule has 1 aliphatic heterocycles. The zero-order valence-corrected chi connectivity index (χ0v) is 11.6. The van der Waals surface area contributed by atoms with Gasteiger partial charge in [-0.2, -0.15) is 0 Å². The molecule has 0 spiro atoms. The van der Waals surface area contributed by atoms with E-state index in [1.165, 1.54) is 4.47 Å². The Morgan fingerprint density at radius 2 is 2.33 bits per heavy atom. The van der Waals surface area contributed by atoms with E-state index in [-0.39, 0.29) is 12.1 Å². The molecule has 0 unspecified atom stereocenters. The van der Waals surface area contributed by atoms with Crippen molar-refractivity contribution in [3.8, 4) is 0 Å². The Kier molecular flexibility index (Phi) is 6.39. The number of carbonyl (C=O) groups is 1. The Balaban J connectivity index is 2.15. The third-order valence-electron chi connectivity index (χ3n) is 2.49. The Morgan fingerprint density at radius 1 is 1.53 bits per heavy atom. The molecule has 0 aromatic carbocycles. The minimum atomic E-state index is -0.189. The van der Waals surface area contributed by atoms with Gasteiger partial charge in [0.05, 0.1) is 0 Å². The zero-order chi connectivity index (χ0) is 11.1. The van der Waals surface area contributed by atoms with Crippen LogP contribution in [0.2, 0.25) is 4.47 Å². The van der Waals surface area contributed by atoms with E-state index in [0.29, 0.717) is 13.2 Å². The van der Waals surface area contributed by atoms with E-state index in [0.717, 1.165) is 32.2 Å². The summed E-state index contributed by atoms with van der Waals surface area (Å²) in [6.07, 6.45) is 3.93. The molecule has 0 aromatic rings. The molecule has 0 aromatic heterocycles. The molecule has 0 bridgehead atoms. The molecule has 5 heteroatoms. The van der Waals surface area contributed by atoms with Crippen molar-refractivity contribution >= 4 is 28.4 Å². The number of unbranched alkanes of at least 4 members (excludes halogenated alkanes) is 1. The van der Waals surface area contributed by atoms with Crippen molar-refractivity contribution in [3.63, 3.8) is 0 Å². The first-order valence-corrected chi connectivity index (χ1v) is 7.32. The molecule has 1 amide bonds. The van der Waals surface area contributed by atoms with E-state index in [1.54, 1.807) is 4.90 Å². The molecule has 0 saturated carbocycles. The van der Waals surface area contributed by atoms with E-state index >= 15 is 0 Å². The fourth-order valence-electron chi connectivity index (χ4n) is 1.64. The molecule has 1 atom stereocenters. The summed E-state index contributed by atoms with van der Waals surface area (Å²) in [6.45, 7) is 1.99. The first-order chi connectivity index (χ1) is 7.24. The quantitative estimate of drug-likeness (QED) is 0.609. The maximum absolute atomic E-state index is 11.6. The van der Waals surface area contributed by atoms with Crippen LogP contribution >= 0.6 is 0 Å². The molecule has 15 heavy (non-hydrogen) atoms. The van der Waals surface area contributed by atoms with Gasteiger partial charge in [-0.1, -0.05) is 0 Å². The van der Waals surface area contributed by atoms with Gasteiger partial charge in [0.25, 0.3) is 0 Å². The van der Waals surface area contributed by atoms with Crippen molar-refractivity contribution in [1.29, 1.82) is 0 Å². The second-order valence-electron chi connectivity index (χ2n) is 3.89. The first kappa shape index (κ1) is 13.1. The van der Waals surface area contributed by atoms with Crippen molar-refractivity contribution < 1.29 is 9.53 Å². The van der Waals surface area contributed by atoms with Crippen LogP contribution in [0.1, 0.15) is 25.7 Å². The number of rotatable bonds is 4. The molecule has 1 saturated heterocycles. The molecule has 0 radical (unpaired) electrons. The van der Waals surface area contributed by atoms with Crippen molar-refractivity contribution in [1.82, 2.24) is 4.90 Å². The number of hydrogen-bond donors (Lipinski definition) is 1. The number of piperidine rings is 1. The molecule has 4 nitrogen and oxygen atoms in total. The van der Waals surface area contributed by atoms with Crippen LogP contribution in [0.3, 0.4) is 0 Å². The molecular formula is C10H20N2O2Te. The molecule has 0 aliphatic carbocycles. The van der Waals surface area contributed by atoms with Crippen LogP contribution in [0.25, 0.3) is 0 Å². The fourth-order valence-corrected chi connectivity index (χ4v) is 2.28. The Bertz CT molecular complexity index is 202. The van der Waals surface area contributed by atoms with Gasteiger partial charge in [0.2, 0.25) is 0 Å². The molecule has 1 aliphatic rings. The van der Waals surface area contributed by atoms with Gasteiger partial charge < -0.3 is 0 Å². The molecule has 1 heterocycles. The standard InChI is InChI=1S/C10H20N2O2Te/c11-9-4-3-5-12(8-9)10(13)14-6-1-2-7-15/h9,15H,1-8,11H2/t9-/m1/s1. The van der Waals surface area contributed by atoms with Crippen molar-refractivity contribution in [2.45, 2.75) is 36.2 Å². The van der Waals surface area contributed by atoms with Crippen LogP contribution in [0, 0.1) is 0 Å². The number of amides is 1. The number of ether oxygens (including phenoxy) is 1. The summed E-state index contributed by atoms with van der Waals surface area (Å²) in [7, 11) is 0. The second kappa shape index (κ2) is 7.32. The van der Waals surface area contributed by atoms with Crippen LogP contribution < -0.4 is 5.73 Å². The predicted molar refractivity (Wildman–Crippen MR) is 61.3 cm³/mol. The number of likely N-dealkylation sites (tertiary alicyclic amines) is 1. The van der Waals surface area contributed by atoms with Gasteiger partial charge in [-0.15, -0.1) is 0 Å². The van der Waals surface area contributed by atoms with E-state index < -0.39 is 0 Å². The number of carbonyl (C=O) groups excluding carboxylic acids is 1. The third kappa shape index (κ3) is 5.05. The van der Waals surface area contributed by atoms with Gasteiger partial charge in [-0.05, 0) is 0 Å². The van der Waals surface area contributed by atoms with Crippen molar-refractivity contribution in [2.24, 2.45) is 5.73 Å². The van der Waals surface area contributed by atoms with Gasteiger partial charge in [0, 0.05) is 0 Å². The number of nitrogens with zero attached hydrogens (tertiary/aromatic N) is 1. The van der Waals surface area contributed by atoms with Crippen LogP contribution in [-0.2, 0) is 4.74 Å². The maximum atomic E-state index is 11.6. The minimum absolute atomic E-state index is 0.129. The monoisotopic (exact) mass is 330 g/mol. The third-order valence-corrected chi connectivity index (χ3v) is 3.40. The summed E-state index contributed by atoms with van der Waals surface area (Å²) < 4.78 is 6.36. The average Bonchev–Trinajstić information content (AvgIpc) is 2.24. The Morgan fingerprint density at radius 3 is 3.00 bits per heavy atom. The summed E-state index contributed by atoms with van der Waals surface area (Å²) in [5.74, 6) is 0. The normalized spacial score (nSPS) is 21.5. The van der Waals surface area contributed by atoms with Crippen LogP contribution in [0.4, 0.5) is 4.79 Å². The first-order valence-electron chi connectivity index (χ1n) is 5.52. The van der Waals surface area contributed by atoms with Gasteiger partial charge in [-0.3, -0.25) is 0 Å². The van der Waals surface area contributed by atoms with Crippen LogP contribution in [-0.4, -0.2) is 59.0 Å². The van der Waals surface area contributed by atoms with Crippen molar-refractivity contribution in [2.75, 3.05) is 19.7 Å². The zero-order valence-electron chi connectivity index (χ0n) is 9.02. The Hall–Kier alpha value is 0.0196.